The molecule has 6 heteroatoms. The Bertz CT molecular complexity index is 838. The first-order chi connectivity index (χ1) is 11.9. The van der Waals surface area contributed by atoms with Crippen molar-refractivity contribution in [2.24, 2.45) is 0 Å². The lowest BCUT2D eigenvalue weighted by atomic mass is 10.0. The van der Waals surface area contributed by atoms with Gasteiger partial charge >= 0.3 is 6.18 Å². The molecule has 0 saturated carbocycles. The highest BCUT2D eigenvalue weighted by molar-refractivity contribution is 5.27. The standard InChI is InChI=1S/C19H17F3N2O/c1-13-4-2-3-5-15(13)8-11-17-23-24-18(25-17)12-14-6-9-16(10-7-14)19(20,21)22/h2-7,9-10H,8,11-12H2,1H3. The van der Waals surface area contributed by atoms with E-state index >= 15 is 0 Å². The number of halogens is 3. The van der Waals surface area contributed by atoms with E-state index in [0.29, 0.717) is 30.2 Å². The van der Waals surface area contributed by atoms with Crippen LogP contribution in [-0.2, 0) is 25.4 Å². The Hall–Kier alpha value is -2.63. The highest BCUT2D eigenvalue weighted by atomic mass is 19.4. The summed E-state index contributed by atoms with van der Waals surface area (Å²) in [6, 6.07) is 13.1. The Balaban J connectivity index is 1.61. The minimum absolute atomic E-state index is 0.315. The number of rotatable bonds is 5. The number of aryl methyl sites for hydroxylation is 3. The SMILES string of the molecule is Cc1ccccc1CCc1nnc(Cc2ccc(C(F)(F)F)cc2)o1. The van der Waals surface area contributed by atoms with E-state index in [-0.39, 0.29) is 0 Å². The largest absolute Gasteiger partial charge is 0.425 e. The van der Waals surface area contributed by atoms with E-state index in [1.165, 1.54) is 23.3 Å². The van der Waals surface area contributed by atoms with Gasteiger partial charge in [0.25, 0.3) is 0 Å². The Kier molecular flexibility index (Phi) is 4.88. The van der Waals surface area contributed by atoms with E-state index in [1.54, 1.807) is 0 Å². The number of benzene rings is 2. The normalized spacial score (nSPS) is 11.7. The average molecular weight is 346 g/mol. The summed E-state index contributed by atoms with van der Waals surface area (Å²) >= 11 is 0. The van der Waals surface area contributed by atoms with E-state index in [2.05, 4.69) is 29.3 Å². The molecule has 3 nitrogen and oxygen atoms in total. The van der Waals surface area contributed by atoms with Gasteiger partial charge in [0.05, 0.1) is 12.0 Å². The molecule has 2 aromatic carbocycles. The molecule has 0 fully saturated rings. The van der Waals surface area contributed by atoms with E-state index in [9.17, 15) is 13.2 Å². The van der Waals surface area contributed by atoms with Crippen molar-refractivity contribution >= 4 is 0 Å². The monoisotopic (exact) mass is 346 g/mol. The van der Waals surface area contributed by atoms with Crippen molar-refractivity contribution in [1.82, 2.24) is 10.2 Å². The van der Waals surface area contributed by atoms with Crippen LogP contribution in [0.3, 0.4) is 0 Å². The van der Waals surface area contributed by atoms with Gasteiger partial charge in [-0.05, 0) is 42.2 Å². The lowest BCUT2D eigenvalue weighted by molar-refractivity contribution is -0.137. The third kappa shape index (κ3) is 4.47. The summed E-state index contributed by atoms with van der Waals surface area (Å²) in [5, 5.41) is 8.00. The molecule has 0 amide bonds. The maximum absolute atomic E-state index is 12.6. The number of alkyl halides is 3. The highest BCUT2D eigenvalue weighted by Gasteiger charge is 2.29. The highest BCUT2D eigenvalue weighted by Crippen LogP contribution is 2.29. The first kappa shape index (κ1) is 17.2. The second-order valence-electron chi connectivity index (χ2n) is 5.89. The molecule has 3 aromatic rings. The maximum Gasteiger partial charge on any atom is 0.416 e. The van der Waals surface area contributed by atoms with Crippen molar-refractivity contribution in [2.45, 2.75) is 32.4 Å². The third-order valence-electron chi connectivity index (χ3n) is 4.01. The Morgan fingerprint density at radius 3 is 2.24 bits per heavy atom. The summed E-state index contributed by atoms with van der Waals surface area (Å²) in [5.74, 6) is 0.935. The summed E-state index contributed by atoms with van der Waals surface area (Å²) in [4.78, 5) is 0. The topological polar surface area (TPSA) is 38.9 Å². The van der Waals surface area contributed by atoms with Crippen LogP contribution >= 0.6 is 0 Å². The van der Waals surface area contributed by atoms with Crippen LogP contribution in [0.2, 0.25) is 0 Å². The summed E-state index contributed by atoms with van der Waals surface area (Å²) < 4.78 is 43.3. The van der Waals surface area contributed by atoms with Crippen molar-refractivity contribution in [3.8, 4) is 0 Å². The fraction of sp³-hybridized carbons (Fsp3) is 0.263. The quantitative estimate of drug-likeness (QED) is 0.668. The molecular formula is C19H17F3N2O. The molecule has 0 aliphatic heterocycles. The van der Waals surface area contributed by atoms with Crippen molar-refractivity contribution in [3.63, 3.8) is 0 Å². The molecule has 0 saturated heterocycles. The van der Waals surface area contributed by atoms with E-state index in [1.807, 2.05) is 12.1 Å². The molecule has 1 aromatic heterocycles. The molecular weight excluding hydrogens is 329 g/mol. The molecule has 0 radical (unpaired) electrons. The van der Waals surface area contributed by atoms with Crippen LogP contribution in [0, 0.1) is 6.92 Å². The fourth-order valence-corrected chi connectivity index (χ4v) is 2.58. The first-order valence-corrected chi connectivity index (χ1v) is 7.94. The molecule has 0 N–H and O–H groups in total. The molecule has 0 atom stereocenters. The predicted octanol–water partition coefficient (Wildman–Crippen LogP) is 4.77. The van der Waals surface area contributed by atoms with Crippen LogP contribution in [0.1, 0.15) is 34.0 Å². The van der Waals surface area contributed by atoms with Crippen molar-refractivity contribution in [3.05, 3.63) is 82.6 Å². The van der Waals surface area contributed by atoms with Crippen LogP contribution in [0.4, 0.5) is 13.2 Å². The van der Waals surface area contributed by atoms with Gasteiger partial charge in [-0.25, -0.2) is 0 Å². The van der Waals surface area contributed by atoms with Crippen LogP contribution in [0.15, 0.2) is 52.9 Å². The minimum Gasteiger partial charge on any atom is -0.425 e. The Morgan fingerprint density at radius 2 is 1.56 bits per heavy atom. The van der Waals surface area contributed by atoms with Gasteiger partial charge in [-0.15, -0.1) is 10.2 Å². The van der Waals surface area contributed by atoms with Crippen molar-refractivity contribution in [2.75, 3.05) is 0 Å². The summed E-state index contributed by atoms with van der Waals surface area (Å²) in [5.41, 5.74) is 2.47. The van der Waals surface area contributed by atoms with Gasteiger partial charge in [0.15, 0.2) is 0 Å². The van der Waals surface area contributed by atoms with Gasteiger partial charge in [-0.2, -0.15) is 13.2 Å². The number of aromatic nitrogens is 2. The zero-order chi connectivity index (χ0) is 17.9. The smallest absolute Gasteiger partial charge is 0.416 e. The average Bonchev–Trinajstić information content (AvgIpc) is 3.01. The number of hydrogen-bond acceptors (Lipinski definition) is 3. The lowest BCUT2D eigenvalue weighted by Gasteiger charge is -2.06. The van der Waals surface area contributed by atoms with Gasteiger partial charge in [0.2, 0.25) is 11.8 Å². The van der Waals surface area contributed by atoms with Crippen molar-refractivity contribution in [1.29, 1.82) is 0 Å². The molecule has 0 spiro atoms. The summed E-state index contributed by atoms with van der Waals surface area (Å²) in [6.45, 7) is 2.05. The molecule has 25 heavy (non-hydrogen) atoms. The zero-order valence-corrected chi connectivity index (χ0v) is 13.7. The maximum atomic E-state index is 12.6. The van der Waals surface area contributed by atoms with Gasteiger partial charge < -0.3 is 4.42 Å². The number of nitrogens with zero attached hydrogens (tertiary/aromatic N) is 2. The van der Waals surface area contributed by atoms with Crippen LogP contribution in [0.25, 0.3) is 0 Å². The molecule has 1 heterocycles. The van der Waals surface area contributed by atoms with Crippen LogP contribution in [0.5, 0.6) is 0 Å². The third-order valence-corrected chi connectivity index (χ3v) is 4.01. The van der Waals surface area contributed by atoms with E-state index in [4.69, 9.17) is 4.42 Å². The minimum atomic E-state index is -4.33. The molecule has 0 aliphatic carbocycles. The Morgan fingerprint density at radius 1 is 0.880 bits per heavy atom. The van der Waals surface area contributed by atoms with Gasteiger partial charge in [-0.3, -0.25) is 0 Å². The zero-order valence-electron chi connectivity index (χ0n) is 13.7. The lowest BCUT2D eigenvalue weighted by Crippen LogP contribution is -2.04. The first-order valence-electron chi connectivity index (χ1n) is 7.94. The summed E-state index contributed by atoms with van der Waals surface area (Å²) in [6.07, 6.45) is -2.58. The van der Waals surface area contributed by atoms with Crippen LogP contribution in [-0.4, -0.2) is 10.2 Å². The van der Waals surface area contributed by atoms with Gasteiger partial charge in [0, 0.05) is 6.42 Å². The molecule has 0 bridgehead atoms. The molecule has 3 rings (SSSR count). The van der Waals surface area contributed by atoms with Crippen LogP contribution < -0.4 is 0 Å². The van der Waals surface area contributed by atoms with Gasteiger partial charge in [0.1, 0.15) is 0 Å². The fourth-order valence-electron chi connectivity index (χ4n) is 2.58. The molecule has 0 unspecified atom stereocenters. The molecule has 130 valence electrons. The van der Waals surface area contributed by atoms with Crippen molar-refractivity contribution < 1.29 is 17.6 Å². The van der Waals surface area contributed by atoms with Gasteiger partial charge in [-0.1, -0.05) is 36.4 Å². The second kappa shape index (κ2) is 7.09. The second-order valence-corrected chi connectivity index (χ2v) is 5.89. The Labute approximate surface area is 143 Å². The van der Waals surface area contributed by atoms with E-state index in [0.717, 1.165) is 18.6 Å². The summed E-state index contributed by atoms with van der Waals surface area (Å²) in [7, 11) is 0. The predicted molar refractivity (Wildman–Crippen MR) is 87.1 cm³/mol. The molecule has 0 aliphatic rings. The number of hydrogen-bond donors (Lipinski definition) is 0. The van der Waals surface area contributed by atoms with E-state index < -0.39 is 11.7 Å².